The van der Waals surface area contributed by atoms with Gasteiger partial charge in [-0.05, 0) is 19.3 Å². The molecule has 1 aliphatic rings. The van der Waals surface area contributed by atoms with Crippen LogP contribution in [0.15, 0.2) is 12.2 Å². The topological polar surface area (TPSA) is 153 Å². The Labute approximate surface area is 138 Å². The number of aliphatic carboxylic acids is 3. The van der Waals surface area contributed by atoms with Gasteiger partial charge in [0.15, 0.2) is 0 Å². The van der Waals surface area contributed by atoms with E-state index in [9.17, 15) is 24.3 Å². The van der Waals surface area contributed by atoms with E-state index in [0.29, 0.717) is 6.54 Å². The first-order chi connectivity index (χ1) is 11.1. The van der Waals surface area contributed by atoms with Gasteiger partial charge in [0, 0.05) is 25.3 Å². The molecule has 1 heterocycles. The van der Waals surface area contributed by atoms with Crippen molar-refractivity contribution in [2.75, 3.05) is 6.54 Å². The Balaban J connectivity index is 2.74. The zero-order valence-corrected chi connectivity index (χ0v) is 13.3. The molecule has 4 atom stereocenters. The molecular weight excluding hydrogens is 320 g/mol. The third kappa shape index (κ3) is 5.34. The highest BCUT2D eigenvalue weighted by Crippen LogP contribution is 2.30. The molecule has 0 aliphatic carbocycles. The highest BCUT2D eigenvalue weighted by atomic mass is 16.4. The number of carboxylic acids is 3. The highest BCUT2D eigenvalue weighted by Gasteiger charge is 2.41. The third-order valence-electron chi connectivity index (χ3n) is 4.10. The molecule has 9 nitrogen and oxygen atoms in total. The normalized spacial score (nSPS) is 24.1. The summed E-state index contributed by atoms with van der Waals surface area (Å²) in [5, 5.41) is 32.0. The highest BCUT2D eigenvalue weighted by molar-refractivity contribution is 5.85. The predicted octanol–water partition coefficient (Wildman–Crippen LogP) is -0.324. The molecule has 0 bridgehead atoms. The molecule has 1 fully saturated rings. The fourth-order valence-electron chi connectivity index (χ4n) is 2.85. The summed E-state index contributed by atoms with van der Waals surface area (Å²) in [6.45, 7) is 5.93. The zero-order valence-electron chi connectivity index (χ0n) is 13.3. The molecule has 24 heavy (non-hydrogen) atoms. The number of amides is 1. The largest absolute Gasteiger partial charge is 0.481 e. The van der Waals surface area contributed by atoms with E-state index in [1.54, 1.807) is 6.92 Å². The maximum atomic E-state index is 12.1. The Morgan fingerprint density at radius 1 is 1.25 bits per heavy atom. The second-order valence-electron chi connectivity index (χ2n) is 5.94. The molecule has 0 radical (unpaired) electrons. The summed E-state index contributed by atoms with van der Waals surface area (Å²) in [7, 11) is 0. The summed E-state index contributed by atoms with van der Waals surface area (Å²) in [5.74, 6) is -4.96. The molecule has 0 saturated carbocycles. The van der Waals surface area contributed by atoms with Crippen LogP contribution in [0.2, 0.25) is 0 Å². The van der Waals surface area contributed by atoms with Crippen LogP contribution in [-0.4, -0.2) is 57.8 Å². The molecule has 0 aromatic heterocycles. The average molecular weight is 342 g/mol. The van der Waals surface area contributed by atoms with E-state index in [-0.39, 0.29) is 18.8 Å². The monoisotopic (exact) mass is 342 g/mol. The Hall–Kier alpha value is -2.42. The molecule has 1 amide bonds. The van der Waals surface area contributed by atoms with Crippen LogP contribution < -0.4 is 10.6 Å². The van der Waals surface area contributed by atoms with Crippen LogP contribution in [0.3, 0.4) is 0 Å². The Kier molecular flexibility index (Phi) is 6.90. The number of hydrogen-bond donors (Lipinski definition) is 5. The molecule has 0 spiro atoms. The van der Waals surface area contributed by atoms with E-state index in [4.69, 9.17) is 10.2 Å². The van der Waals surface area contributed by atoms with Gasteiger partial charge < -0.3 is 26.0 Å². The smallest absolute Gasteiger partial charge is 0.326 e. The zero-order chi connectivity index (χ0) is 18.4. The van der Waals surface area contributed by atoms with Crippen LogP contribution in [0.1, 0.15) is 26.2 Å². The van der Waals surface area contributed by atoms with Crippen LogP contribution in [0.4, 0.5) is 0 Å². The van der Waals surface area contributed by atoms with Gasteiger partial charge in [-0.15, -0.1) is 0 Å². The number of rotatable bonds is 9. The van der Waals surface area contributed by atoms with E-state index < -0.39 is 48.2 Å². The SMILES string of the molecule is C=C(C)[C@H]1CN[C@H](C(=O)O)[C@H]1CC(=O)NC(CCC(=O)O)C(=O)O. The molecule has 0 aromatic rings. The van der Waals surface area contributed by atoms with Crippen LogP contribution in [0, 0.1) is 11.8 Å². The van der Waals surface area contributed by atoms with Crippen molar-refractivity contribution in [1.29, 1.82) is 0 Å². The number of hydrogen-bond acceptors (Lipinski definition) is 5. The summed E-state index contributed by atoms with van der Waals surface area (Å²) >= 11 is 0. The van der Waals surface area contributed by atoms with Crippen molar-refractivity contribution >= 4 is 23.8 Å². The number of carboxylic acid groups (broad SMARTS) is 3. The summed E-state index contributed by atoms with van der Waals surface area (Å²) in [4.78, 5) is 45.0. The molecular formula is C15H22N2O7. The average Bonchev–Trinajstić information content (AvgIpc) is 2.86. The van der Waals surface area contributed by atoms with Crippen LogP contribution in [0.25, 0.3) is 0 Å². The van der Waals surface area contributed by atoms with Gasteiger partial charge in [0.05, 0.1) is 0 Å². The first kappa shape index (κ1) is 19.6. The van der Waals surface area contributed by atoms with E-state index in [0.717, 1.165) is 5.57 Å². The van der Waals surface area contributed by atoms with Gasteiger partial charge >= 0.3 is 17.9 Å². The molecule has 5 N–H and O–H groups in total. The standard InChI is InChI=1S/C15H22N2O7/c1-7(2)9-6-16-13(15(23)24)8(9)5-11(18)17-10(14(21)22)3-4-12(19)20/h8-10,13,16H,1,3-6H2,2H3,(H,17,18)(H,19,20)(H,21,22)(H,23,24)/t8-,9+,10?,13-/m0/s1. The predicted molar refractivity (Wildman–Crippen MR) is 82.3 cm³/mol. The fourth-order valence-corrected chi connectivity index (χ4v) is 2.85. The Bertz CT molecular complexity index is 524. The van der Waals surface area contributed by atoms with Gasteiger partial charge in [-0.2, -0.15) is 0 Å². The van der Waals surface area contributed by atoms with Crippen molar-refractivity contribution in [3.63, 3.8) is 0 Å². The van der Waals surface area contributed by atoms with Gasteiger partial charge in [0.1, 0.15) is 12.1 Å². The van der Waals surface area contributed by atoms with Gasteiger partial charge in [-0.3, -0.25) is 14.4 Å². The van der Waals surface area contributed by atoms with Crippen molar-refractivity contribution in [2.45, 2.75) is 38.3 Å². The van der Waals surface area contributed by atoms with Crippen LogP contribution >= 0.6 is 0 Å². The Morgan fingerprint density at radius 3 is 2.33 bits per heavy atom. The van der Waals surface area contributed by atoms with Gasteiger partial charge in [0.25, 0.3) is 0 Å². The lowest BCUT2D eigenvalue weighted by atomic mass is 9.83. The maximum absolute atomic E-state index is 12.1. The maximum Gasteiger partial charge on any atom is 0.326 e. The minimum atomic E-state index is -1.33. The lowest BCUT2D eigenvalue weighted by Crippen LogP contribution is -2.44. The van der Waals surface area contributed by atoms with E-state index in [2.05, 4.69) is 17.2 Å². The minimum Gasteiger partial charge on any atom is -0.481 e. The number of carbonyl (C=O) groups is 4. The second kappa shape index (κ2) is 8.44. The number of carbonyl (C=O) groups excluding carboxylic acids is 1. The summed E-state index contributed by atoms with van der Waals surface area (Å²) in [6.07, 6.45) is -0.821. The van der Waals surface area contributed by atoms with Gasteiger partial charge in [-0.25, -0.2) is 4.79 Å². The second-order valence-corrected chi connectivity index (χ2v) is 5.94. The van der Waals surface area contributed by atoms with Gasteiger partial charge in [0.2, 0.25) is 5.91 Å². The third-order valence-corrected chi connectivity index (χ3v) is 4.10. The first-order valence-electron chi connectivity index (χ1n) is 7.49. The Morgan fingerprint density at radius 2 is 1.88 bits per heavy atom. The van der Waals surface area contributed by atoms with E-state index in [1.807, 2.05) is 0 Å². The summed E-state index contributed by atoms with van der Waals surface area (Å²) in [6, 6.07) is -2.24. The van der Waals surface area contributed by atoms with E-state index >= 15 is 0 Å². The van der Waals surface area contributed by atoms with Crippen molar-refractivity contribution in [3.8, 4) is 0 Å². The lowest BCUT2D eigenvalue weighted by molar-refractivity contribution is -0.144. The quantitative estimate of drug-likeness (QED) is 0.357. The molecule has 1 aliphatic heterocycles. The molecule has 0 aromatic carbocycles. The van der Waals surface area contributed by atoms with Crippen LogP contribution in [-0.2, 0) is 19.2 Å². The summed E-state index contributed by atoms with van der Waals surface area (Å²) in [5.41, 5.74) is 0.740. The molecule has 1 saturated heterocycles. The number of nitrogens with one attached hydrogen (secondary N) is 2. The van der Waals surface area contributed by atoms with Gasteiger partial charge in [-0.1, -0.05) is 12.2 Å². The first-order valence-corrected chi connectivity index (χ1v) is 7.49. The van der Waals surface area contributed by atoms with E-state index in [1.165, 1.54) is 0 Å². The fraction of sp³-hybridized carbons (Fsp3) is 0.600. The summed E-state index contributed by atoms with van der Waals surface area (Å²) < 4.78 is 0. The lowest BCUT2D eigenvalue weighted by Gasteiger charge is -2.22. The minimum absolute atomic E-state index is 0.182. The molecule has 1 unspecified atom stereocenters. The molecule has 134 valence electrons. The molecule has 9 heteroatoms. The van der Waals surface area contributed by atoms with Crippen molar-refractivity contribution < 1.29 is 34.5 Å². The van der Waals surface area contributed by atoms with Crippen molar-refractivity contribution in [2.24, 2.45) is 11.8 Å². The van der Waals surface area contributed by atoms with Crippen molar-refractivity contribution in [3.05, 3.63) is 12.2 Å². The van der Waals surface area contributed by atoms with Crippen LogP contribution in [0.5, 0.6) is 0 Å². The van der Waals surface area contributed by atoms with Crippen molar-refractivity contribution in [1.82, 2.24) is 10.6 Å². The molecule has 1 rings (SSSR count).